The molecule has 2 heterocycles. The molecule has 1 aromatic heterocycles. The summed E-state index contributed by atoms with van der Waals surface area (Å²) in [5.41, 5.74) is 1.32. The molecule has 4 heteroatoms. The van der Waals surface area contributed by atoms with Crippen molar-refractivity contribution < 1.29 is 9.47 Å². The fraction of sp³-hybridized carbons (Fsp3) is 0.158. The SMILES string of the molecule is CC1(C)N=C(c2cccc[n+]2[O-])c2cc3ccccc3cc2O1. The van der Waals surface area contributed by atoms with E-state index < -0.39 is 5.72 Å². The normalized spacial score (nSPS) is 15.7. The van der Waals surface area contributed by atoms with Crippen molar-refractivity contribution in [2.75, 3.05) is 0 Å². The lowest BCUT2D eigenvalue weighted by atomic mass is 9.98. The van der Waals surface area contributed by atoms with Crippen LogP contribution in [0.1, 0.15) is 25.1 Å². The van der Waals surface area contributed by atoms with Crippen LogP contribution in [0.5, 0.6) is 5.75 Å². The highest BCUT2D eigenvalue weighted by molar-refractivity contribution is 6.15. The first-order valence-electron chi connectivity index (χ1n) is 7.54. The van der Waals surface area contributed by atoms with Gasteiger partial charge in [0, 0.05) is 17.7 Å². The molecule has 4 rings (SSSR count). The van der Waals surface area contributed by atoms with Crippen molar-refractivity contribution in [3.05, 3.63) is 77.3 Å². The van der Waals surface area contributed by atoms with Gasteiger partial charge in [-0.25, -0.2) is 4.99 Å². The average molecular weight is 304 g/mol. The molecule has 0 amide bonds. The first-order valence-corrected chi connectivity index (χ1v) is 7.54. The van der Waals surface area contributed by atoms with Gasteiger partial charge in [-0.3, -0.25) is 0 Å². The number of hydrogen-bond acceptors (Lipinski definition) is 3. The van der Waals surface area contributed by atoms with Crippen LogP contribution in [0.2, 0.25) is 0 Å². The average Bonchev–Trinajstić information content (AvgIpc) is 2.52. The molecule has 0 unspecified atom stereocenters. The summed E-state index contributed by atoms with van der Waals surface area (Å²) in [6.45, 7) is 3.78. The Hall–Kier alpha value is -2.88. The Morgan fingerprint density at radius 3 is 2.43 bits per heavy atom. The molecule has 0 N–H and O–H groups in total. The van der Waals surface area contributed by atoms with Gasteiger partial charge in [0.1, 0.15) is 11.5 Å². The monoisotopic (exact) mass is 304 g/mol. The molecule has 0 saturated carbocycles. The molecule has 1 aliphatic heterocycles. The molecule has 0 aliphatic carbocycles. The summed E-state index contributed by atoms with van der Waals surface area (Å²) in [7, 11) is 0. The standard InChI is InChI=1S/C19H16N2O2/c1-19(2)20-18(16-9-5-6-10-21(16)22)15-11-13-7-3-4-8-14(13)12-17(15)23-19/h3-12H,1-2H3. The first-order chi connectivity index (χ1) is 11.0. The van der Waals surface area contributed by atoms with Gasteiger partial charge in [-0.05, 0) is 42.8 Å². The predicted octanol–water partition coefficient (Wildman–Crippen LogP) is 3.44. The zero-order valence-electron chi connectivity index (χ0n) is 13.0. The van der Waals surface area contributed by atoms with Gasteiger partial charge in [0.25, 0.3) is 0 Å². The van der Waals surface area contributed by atoms with Gasteiger partial charge in [-0.1, -0.05) is 24.3 Å². The number of aliphatic imine (C=N–C) groups is 1. The Morgan fingerprint density at radius 1 is 1.00 bits per heavy atom. The molecule has 4 nitrogen and oxygen atoms in total. The zero-order valence-corrected chi connectivity index (χ0v) is 13.0. The van der Waals surface area contributed by atoms with E-state index in [4.69, 9.17) is 4.74 Å². The van der Waals surface area contributed by atoms with Crippen molar-refractivity contribution in [1.82, 2.24) is 0 Å². The minimum atomic E-state index is -0.715. The molecule has 0 fully saturated rings. The van der Waals surface area contributed by atoms with E-state index in [9.17, 15) is 5.21 Å². The lowest BCUT2D eigenvalue weighted by Crippen LogP contribution is -2.39. The van der Waals surface area contributed by atoms with Crippen LogP contribution in [-0.4, -0.2) is 11.4 Å². The number of rotatable bonds is 1. The molecule has 0 radical (unpaired) electrons. The Morgan fingerprint density at radius 2 is 1.70 bits per heavy atom. The molecule has 23 heavy (non-hydrogen) atoms. The quantitative estimate of drug-likeness (QED) is 0.511. The maximum Gasteiger partial charge on any atom is 0.242 e. The Kier molecular flexibility index (Phi) is 2.88. The third-order valence-electron chi connectivity index (χ3n) is 3.91. The summed E-state index contributed by atoms with van der Waals surface area (Å²) >= 11 is 0. The summed E-state index contributed by atoms with van der Waals surface area (Å²) in [5, 5.41) is 14.4. The van der Waals surface area contributed by atoms with E-state index in [0.717, 1.165) is 26.8 Å². The van der Waals surface area contributed by atoms with E-state index in [0.29, 0.717) is 11.4 Å². The number of fused-ring (bicyclic) bond motifs is 2. The van der Waals surface area contributed by atoms with Gasteiger partial charge in [0.2, 0.25) is 5.69 Å². The minimum Gasteiger partial charge on any atom is -0.618 e. The third kappa shape index (κ3) is 2.32. The van der Waals surface area contributed by atoms with E-state index >= 15 is 0 Å². The number of ether oxygens (including phenoxy) is 1. The number of benzene rings is 2. The molecule has 0 saturated heterocycles. The van der Waals surface area contributed by atoms with Crippen LogP contribution in [0, 0.1) is 5.21 Å². The van der Waals surface area contributed by atoms with Crippen molar-refractivity contribution in [3.63, 3.8) is 0 Å². The second-order valence-electron chi connectivity index (χ2n) is 6.12. The molecule has 1 aliphatic rings. The van der Waals surface area contributed by atoms with E-state index in [1.807, 2.05) is 56.3 Å². The molecule has 2 aromatic carbocycles. The van der Waals surface area contributed by atoms with Gasteiger partial charge in [0.15, 0.2) is 11.9 Å². The third-order valence-corrected chi connectivity index (χ3v) is 3.91. The summed E-state index contributed by atoms with van der Waals surface area (Å²) in [6.07, 6.45) is 1.49. The van der Waals surface area contributed by atoms with Gasteiger partial charge >= 0.3 is 0 Å². The highest BCUT2D eigenvalue weighted by Crippen LogP contribution is 2.35. The van der Waals surface area contributed by atoms with Gasteiger partial charge in [-0.2, -0.15) is 4.73 Å². The number of aromatic nitrogens is 1. The predicted molar refractivity (Wildman–Crippen MR) is 89.7 cm³/mol. The van der Waals surface area contributed by atoms with Crippen molar-refractivity contribution >= 4 is 16.5 Å². The molecular formula is C19H16N2O2. The second-order valence-corrected chi connectivity index (χ2v) is 6.12. The lowest BCUT2D eigenvalue weighted by molar-refractivity contribution is -0.606. The summed E-state index contributed by atoms with van der Waals surface area (Å²) in [5.74, 6) is 0.752. The highest BCUT2D eigenvalue weighted by atomic mass is 16.5. The van der Waals surface area contributed by atoms with Crippen LogP contribution in [0.3, 0.4) is 0 Å². The van der Waals surface area contributed by atoms with Crippen molar-refractivity contribution in [3.8, 4) is 5.75 Å². The molecule has 0 spiro atoms. The van der Waals surface area contributed by atoms with Crippen LogP contribution >= 0.6 is 0 Å². The Labute approximate surface area is 134 Å². The number of nitrogens with zero attached hydrogens (tertiary/aromatic N) is 2. The Balaban J connectivity index is 2.01. The fourth-order valence-corrected chi connectivity index (χ4v) is 2.92. The van der Waals surface area contributed by atoms with E-state index in [-0.39, 0.29) is 0 Å². The van der Waals surface area contributed by atoms with Crippen LogP contribution in [0.4, 0.5) is 0 Å². The highest BCUT2D eigenvalue weighted by Gasteiger charge is 2.32. The molecule has 0 atom stereocenters. The Bertz CT molecular complexity index is 945. The smallest absolute Gasteiger partial charge is 0.242 e. The largest absolute Gasteiger partial charge is 0.618 e. The molecular weight excluding hydrogens is 288 g/mol. The maximum absolute atomic E-state index is 12.2. The van der Waals surface area contributed by atoms with Crippen LogP contribution < -0.4 is 9.47 Å². The van der Waals surface area contributed by atoms with Gasteiger partial charge < -0.3 is 9.94 Å². The summed E-state index contributed by atoms with van der Waals surface area (Å²) < 4.78 is 6.87. The second kappa shape index (κ2) is 4.81. The molecule has 0 bridgehead atoms. The van der Waals surface area contributed by atoms with E-state index in [1.54, 1.807) is 12.1 Å². The summed E-state index contributed by atoms with van der Waals surface area (Å²) in [4.78, 5) is 4.67. The van der Waals surface area contributed by atoms with Crippen LogP contribution in [0.25, 0.3) is 10.8 Å². The lowest BCUT2D eigenvalue weighted by Gasteiger charge is -2.29. The first kappa shape index (κ1) is 13.8. The van der Waals surface area contributed by atoms with Crippen molar-refractivity contribution in [2.24, 2.45) is 4.99 Å². The maximum atomic E-state index is 12.2. The zero-order chi connectivity index (χ0) is 16.0. The van der Waals surface area contributed by atoms with Gasteiger partial charge in [-0.15, -0.1) is 0 Å². The van der Waals surface area contributed by atoms with Crippen molar-refractivity contribution in [2.45, 2.75) is 19.6 Å². The van der Waals surface area contributed by atoms with E-state index in [1.165, 1.54) is 6.20 Å². The van der Waals surface area contributed by atoms with Gasteiger partial charge in [0.05, 0.1) is 0 Å². The summed E-state index contributed by atoms with van der Waals surface area (Å²) in [6, 6.07) is 17.5. The van der Waals surface area contributed by atoms with Crippen LogP contribution in [0.15, 0.2) is 65.8 Å². The van der Waals surface area contributed by atoms with Crippen molar-refractivity contribution in [1.29, 1.82) is 0 Å². The minimum absolute atomic E-state index is 0.528. The number of pyridine rings is 1. The number of hydrogen-bond donors (Lipinski definition) is 0. The fourth-order valence-electron chi connectivity index (χ4n) is 2.92. The van der Waals surface area contributed by atoms with Crippen LogP contribution in [-0.2, 0) is 0 Å². The topological polar surface area (TPSA) is 48.5 Å². The van der Waals surface area contributed by atoms with E-state index in [2.05, 4.69) is 4.99 Å². The molecule has 3 aromatic rings. The molecule has 114 valence electrons.